The van der Waals surface area contributed by atoms with E-state index in [2.05, 4.69) is 25.3 Å². The molecule has 0 bridgehead atoms. The molecule has 8 heteroatoms. The van der Waals surface area contributed by atoms with Crippen molar-refractivity contribution in [2.45, 2.75) is 31.2 Å². The van der Waals surface area contributed by atoms with Crippen molar-refractivity contribution in [1.82, 2.24) is 20.0 Å². The molecular formula is C17H23N5O2S. The van der Waals surface area contributed by atoms with Crippen LogP contribution < -0.4 is 15.4 Å². The first-order valence-corrected chi connectivity index (χ1v) is 9.88. The Kier molecular flexibility index (Phi) is 5.62. The van der Waals surface area contributed by atoms with Crippen LogP contribution in [0, 0.1) is 6.92 Å². The van der Waals surface area contributed by atoms with Gasteiger partial charge in [0.2, 0.25) is 10.0 Å². The second-order valence-corrected chi connectivity index (χ2v) is 7.83. The molecule has 2 heterocycles. The summed E-state index contributed by atoms with van der Waals surface area (Å²) in [7, 11) is -3.45. The number of nitrogens with one attached hydrogen (secondary N) is 3. The minimum atomic E-state index is -3.45. The van der Waals surface area contributed by atoms with Crippen LogP contribution in [0.3, 0.4) is 0 Å². The molecule has 134 valence electrons. The van der Waals surface area contributed by atoms with E-state index in [9.17, 15) is 8.42 Å². The van der Waals surface area contributed by atoms with Crippen LogP contribution >= 0.6 is 0 Å². The van der Waals surface area contributed by atoms with Crippen molar-refractivity contribution >= 4 is 15.8 Å². The second kappa shape index (κ2) is 7.90. The Balaban J connectivity index is 1.48. The minimum Gasteiger partial charge on any atom is -0.370 e. The molecule has 0 atom stereocenters. The third-order valence-corrected chi connectivity index (χ3v) is 5.63. The summed E-state index contributed by atoms with van der Waals surface area (Å²) in [5.74, 6) is 0.855. The van der Waals surface area contributed by atoms with Gasteiger partial charge in [0.05, 0.1) is 10.6 Å². The van der Waals surface area contributed by atoms with Crippen LogP contribution in [0.1, 0.15) is 23.2 Å². The third kappa shape index (κ3) is 4.53. The summed E-state index contributed by atoms with van der Waals surface area (Å²) in [6, 6.07) is 6.83. The fraction of sp³-hybridized carbons (Fsp3) is 0.412. The molecule has 0 spiro atoms. The number of benzene rings is 1. The quantitative estimate of drug-likeness (QED) is 0.642. The molecule has 1 aromatic carbocycles. The number of hydrogen-bond acceptors (Lipinski definition) is 6. The van der Waals surface area contributed by atoms with E-state index in [4.69, 9.17) is 0 Å². The van der Waals surface area contributed by atoms with Gasteiger partial charge in [-0.15, -0.1) is 0 Å². The van der Waals surface area contributed by atoms with Crippen LogP contribution in [0.2, 0.25) is 0 Å². The van der Waals surface area contributed by atoms with Crippen LogP contribution in [0.15, 0.2) is 35.5 Å². The normalized spacial score (nSPS) is 14.1. The molecule has 3 N–H and O–H groups in total. The monoisotopic (exact) mass is 361 g/mol. The van der Waals surface area contributed by atoms with Gasteiger partial charge in [-0.1, -0.05) is 17.7 Å². The highest BCUT2D eigenvalue weighted by molar-refractivity contribution is 7.89. The van der Waals surface area contributed by atoms with E-state index < -0.39 is 10.0 Å². The molecule has 2 aromatic rings. The number of aromatic nitrogens is 2. The number of anilines is 1. The summed E-state index contributed by atoms with van der Waals surface area (Å²) in [4.78, 5) is 8.89. The van der Waals surface area contributed by atoms with E-state index in [0.717, 1.165) is 42.1 Å². The lowest BCUT2D eigenvalue weighted by Gasteiger charge is -2.19. The van der Waals surface area contributed by atoms with Crippen LogP contribution in [-0.4, -0.2) is 38.0 Å². The van der Waals surface area contributed by atoms with E-state index in [1.165, 1.54) is 0 Å². The lowest BCUT2D eigenvalue weighted by Crippen LogP contribution is -2.27. The van der Waals surface area contributed by atoms with Crippen LogP contribution in [0.25, 0.3) is 0 Å². The van der Waals surface area contributed by atoms with Crippen molar-refractivity contribution in [1.29, 1.82) is 0 Å². The Morgan fingerprint density at radius 3 is 2.76 bits per heavy atom. The van der Waals surface area contributed by atoms with Gasteiger partial charge in [-0.2, -0.15) is 0 Å². The van der Waals surface area contributed by atoms with E-state index in [1.807, 2.05) is 6.92 Å². The smallest absolute Gasteiger partial charge is 0.240 e. The fourth-order valence-electron chi connectivity index (χ4n) is 2.74. The van der Waals surface area contributed by atoms with Crippen molar-refractivity contribution < 1.29 is 8.42 Å². The second-order valence-electron chi connectivity index (χ2n) is 6.07. The van der Waals surface area contributed by atoms with Gasteiger partial charge in [-0.25, -0.2) is 23.1 Å². The molecule has 3 rings (SSSR count). The summed E-state index contributed by atoms with van der Waals surface area (Å²) in [6.45, 7) is 4.64. The molecular weight excluding hydrogens is 338 g/mol. The number of nitrogens with zero attached hydrogens (tertiary/aromatic N) is 2. The maximum Gasteiger partial charge on any atom is 0.240 e. The average molecular weight is 361 g/mol. The summed E-state index contributed by atoms with van der Waals surface area (Å²) < 4.78 is 27.1. The van der Waals surface area contributed by atoms with Gasteiger partial charge in [-0.05, 0) is 38.4 Å². The van der Waals surface area contributed by atoms with E-state index in [1.54, 1.807) is 30.6 Å². The maximum absolute atomic E-state index is 12.2. The SMILES string of the molecule is Cc1ccc(S(=O)(=O)NCCCNc2ncnc3c2CCNC3)cc1. The summed E-state index contributed by atoms with van der Waals surface area (Å²) in [5, 5.41) is 6.58. The number of fused-ring (bicyclic) bond motifs is 1. The zero-order chi connectivity index (χ0) is 17.7. The number of sulfonamides is 1. The molecule has 7 nitrogen and oxygen atoms in total. The zero-order valence-corrected chi connectivity index (χ0v) is 15.1. The molecule has 0 unspecified atom stereocenters. The third-order valence-electron chi connectivity index (χ3n) is 4.15. The van der Waals surface area contributed by atoms with Gasteiger partial charge >= 0.3 is 0 Å². The first kappa shape index (κ1) is 17.8. The molecule has 1 aromatic heterocycles. The Morgan fingerprint density at radius 2 is 1.96 bits per heavy atom. The van der Waals surface area contributed by atoms with Crippen LogP contribution in [0.5, 0.6) is 0 Å². The zero-order valence-electron chi connectivity index (χ0n) is 14.2. The summed E-state index contributed by atoms with van der Waals surface area (Å²) >= 11 is 0. The lowest BCUT2D eigenvalue weighted by atomic mass is 10.1. The van der Waals surface area contributed by atoms with Crippen LogP contribution in [0.4, 0.5) is 5.82 Å². The molecule has 0 amide bonds. The fourth-order valence-corrected chi connectivity index (χ4v) is 3.81. The largest absolute Gasteiger partial charge is 0.370 e. The first-order valence-electron chi connectivity index (χ1n) is 8.40. The summed E-state index contributed by atoms with van der Waals surface area (Å²) in [6.07, 6.45) is 3.13. The Hall–Kier alpha value is -2.03. The first-order chi connectivity index (χ1) is 12.1. The van der Waals surface area contributed by atoms with Crippen LogP contribution in [-0.2, 0) is 23.0 Å². The standard InChI is InChI=1S/C17H23N5O2S/c1-13-3-5-14(6-4-13)25(23,24)22-9-2-8-19-17-15-7-10-18-11-16(15)20-12-21-17/h3-6,12,18,22H,2,7-11H2,1H3,(H,19,20,21). The molecule has 0 saturated heterocycles. The van der Waals surface area contributed by atoms with Gasteiger partial charge in [0.25, 0.3) is 0 Å². The van der Waals surface area contributed by atoms with Gasteiger partial charge in [0.1, 0.15) is 12.1 Å². The van der Waals surface area contributed by atoms with Crippen molar-refractivity contribution in [3.8, 4) is 0 Å². The lowest BCUT2D eigenvalue weighted by molar-refractivity contribution is 0.580. The Morgan fingerprint density at radius 1 is 1.16 bits per heavy atom. The average Bonchev–Trinajstić information content (AvgIpc) is 2.62. The molecule has 1 aliphatic heterocycles. The molecule has 0 aliphatic carbocycles. The van der Waals surface area contributed by atoms with Gasteiger partial charge in [0, 0.05) is 25.2 Å². The number of hydrogen-bond donors (Lipinski definition) is 3. The Bertz CT molecular complexity index is 821. The highest BCUT2D eigenvalue weighted by atomic mass is 32.2. The number of aryl methyl sites for hydroxylation is 1. The molecule has 0 fully saturated rings. The van der Waals surface area contributed by atoms with Crippen molar-refractivity contribution in [2.24, 2.45) is 0 Å². The van der Waals surface area contributed by atoms with Crippen molar-refractivity contribution in [2.75, 3.05) is 25.0 Å². The molecule has 1 aliphatic rings. The summed E-state index contributed by atoms with van der Waals surface area (Å²) in [5.41, 5.74) is 3.22. The van der Waals surface area contributed by atoms with E-state index in [-0.39, 0.29) is 0 Å². The highest BCUT2D eigenvalue weighted by Gasteiger charge is 2.15. The topological polar surface area (TPSA) is 96.0 Å². The van der Waals surface area contributed by atoms with Gasteiger partial charge in [0.15, 0.2) is 0 Å². The minimum absolute atomic E-state index is 0.295. The van der Waals surface area contributed by atoms with Crippen molar-refractivity contribution in [3.63, 3.8) is 0 Å². The molecule has 25 heavy (non-hydrogen) atoms. The van der Waals surface area contributed by atoms with E-state index in [0.29, 0.717) is 24.4 Å². The molecule has 0 radical (unpaired) electrons. The van der Waals surface area contributed by atoms with E-state index >= 15 is 0 Å². The predicted molar refractivity (Wildman–Crippen MR) is 96.9 cm³/mol. The maximum atomic E-state index is 12.2. The Labute approximate surface area is 148 Å². The van der Waals surface area contributed by atoms with Gasteiger partial charge < -0.3 is 10.6 Å². The number of rotatable bonds is 7. The highest BCUT2D eigenvalue weighted by Crippen LogP contribution is 2.18. The van der Waals surface area contributed by atoms with Crippen molar-refractivity contribution in [3.05, 3.63) is 47.4 Å². The predicted octanol–water partition coefficient (Wildman–Crippen LogP) is 1.21. The van der Waals surface area contributed by atoms with Gasteiger partial charge in [-0.3, -0.25) is 0 Å². The molecule has 0 saturated carbocycles.